The molecule has 5 aliphatic heterocycles. The van der Waals surface area contributed by atoms with E-state index in [2.05, 4.69) is 0 Å². The van der Waals surface area contributed by atoms with Gasteiger partial charge < -0.3 is 14.9 Å². The molecule has 0 radical (unpaired) electrons. The van der Waals surface area contributed by atoms with E-state index >= 15 is 0 Å². The summed E-state index contributed by atoms with van der Waals surface area (Å²) in [5.41, 5.74) is -2.87. The maximum Gasteiger partial charge on any atom is 0.315 e. The number of hydrogen-bond acceptors (Lipinski definition) is 9. The monoisotopic (exact) mass is 448 g/mol. The third-order valence-electron chi connectivity index (χ3n) is 6.46. The third-order valence-corrected chi connectivity index (χ3v) is 9.77. The molecule has 0 saturated carbocycles. The first kappa shape index (κ1) is 18.7. The Morgan fingerprint density at radius 3 is 2.73 bits per heavy atom. The maximum atomic E-state index is 13.8. The molecule has 6 aliphatic rings. The fourth-order valence-corrected chi connectivity index (χ4v) is 8.69. The molecular formula is C19H16N2O7S2. The normalized spacial score (nSPS) is 43.6. The van der Waals surface area contributed by atoms with Gasteiger partial charge in [-0.3, -0.25) is 24.1 Å². The second kappa shape index (κ2) is 5.60. The zero-order valence-corrected chi connectivity index (χ0v) is 17.2. The van der Waals surface area contributed by atoms with Gasteiger partial charge in [0.2, 0.25) is 4.87 Å². The molecule has 1 aromatic carbocycles. The van der Waals surface area contributed by atoms with Crippen molar-refractivity contribution in [1.82, 2.24) is 9.96 Å². The van der Waals surface area contributed by atoms with Crippen molar-refractivity contribution in [1.29, 1.82) is 0 Å². The van der Waals surface area contributed by atoms with Crippen LogP contribution in [0.15, 0.2) is 36.4 Å². The minimum absolute atomic E-state index is 0.269. The summed E-state index contributed by atoms with van der Waals surface area (Å²) in [5, 5.41) is 21.7. The SMILES string of the molecule is CN1C(=O)C23SSC4c5ccccc5O[C@]41C(=O)N2O[C@]1(C[C@H](O)C=CC1=O)[C@H]3O. The molecule has 4 fully saturated rings. The maximum absolute atomic E-state index is 13.8. The van der Waals surface area contributed by atoms with Gasteiger partial charge in [0.1, 0.15) is 17.1 Å². The molecular weight excluding hydrogens is 432 g/mol. The van der Waals surface area contributed by atoms with Crippen LogP contribution < -0.4 is 4.74 Å². The van der Waals surface area contributed by atoms with Crippen LogP contribution in [0, 0.1) is 0 Å². The van der Waals surface area contributed by atoms with Crippen molar-refractivity contribution in [2.24, 2.45) is 0 Å². The smallest absolute Gasteiger partial charge is 0.315 e. The molecule has 2 amide bonds. The zero-order valence-electron chi connectivity index (χ0n) is 15.5. The lowest BCUT2D eigenvalue weighted by atomic mass is 9.79. The number of ether oxygens (including phenoxy) is 1. The highest BCUT2D eigenvalue weighted by Gasteiger charge is 2.82. The number of rotatable bonds is 0. The Hall–Kier alpha value is -2.05. The van der Waals surface area contributed by atoms with Crippen molar-refractivity contribution in [2.75, 3.05) is 7.05 Å². The number of para-hydroxylation sites is 1. The minimum Gasteiger partial charge on any atom is -0.456 e. The molecule has 7 rings (SSSR count). The quantitative estimate of drug-likeness (QED) is 0.535. The predicted molar refractivity (Wildman–Crippen MR) is 105 cm³/mol. The number of benzene rings is 1. The summed E-state index contributed by atoms with van der Waals surface area (Å²) >= 11 is 0. The van der Waals surface area contributed by atoms with Crippen molar-refractivity contribution in [3.63, 3.8) is 0 Å². The van der Waals surface area contributed by atoms with Crippen LogP contribution in [0.4, 0.5) is 0 Å². The van der Waals surface area contributed by atoms with E-state index in [4.69, 9.17) is 9.57 Å². The molecule has 1 aromatic rings. The van der Waals surface area contributed by atoms with Crippen LogP contribution in [0.5, 0.6) is 5.75 Å². The Labute approximate surface area is 178 Å². The number of carbonyl (C=O) groups is 3. The zero-order chi connectivity index (χ0) is 21.1. The summed E-state index contributed by atoms with van der Waals surface area (Å²) in [4.78, 5) is 45.4. The Morgan fingerprint density at radius 1 is 1.17 bits per heavy atom. The Kier molecular flexibility index (Phi) is 3.49. The van der Waals surface area contributed by atoms with E-state index in [-0.39, 0.29) is 6.42 Å². The Balaban J connectivity index is 1.55. The van der Waals surface area contributed by atoms with Crippen LogP contribution in [0.2, 0.25) is 0 Å². The molecule has 30 heavy (non-hydrogen) atoms. The summed E-state index contributed by atoms with van der Waals surface area (Å²) in [6.45, 7) is 0. The molecule has 4 saturated heterocycles. The molecule has 2 N–H and O–H groups in total. The number of aliphatic hydroxyl groups is 2. The third kappa shape index (κ3) is 1.79. The molecule has 1 aliphatic carbocycles. The Bertz CT molecular complexity index is 1070. The van der Waals surface area contributed by atoms with E-state index in [0.717, 1.165) is 27.5 Å². The van der Waals surface area contributed by atoms with Crippen LogP contribution in [0.1, 0.15) is 17.2 Å². The molecule has 3 spiro atoms. The lowest BCUT2D eigenvalue weighted by Crippen LogP contribution is -2.75. The second-order valence-electron chi connectivity index (χ2n) is 7.93. The van der Waals surface area contributed by atoms with Gasteiger partial charge in [0.15, 0.2) is 11.4 Å². The largest absolute Gasteiger partial charge is 0.456 e. The van der Waals surface area contributed by atoms with E-state index in [9.17, 15) is 24.6 Å². The highest BCUT2D eigenvalue weighted by atomic mass is 33.1. The fraction of sp³-hybridized carbons (Fsp3) is 0.421. The van der Waals surface area contributed by atoms with Crippen LogP contribution in [-0.4, -0.2) is 73.2 Å². The number of hydrogen-bond donors (Lipinski definition) is 2. The van der Waals surface area contributed by atoms with Gasteiger partial charge >= 0.3 is 5.91 Å². The van der Waals surface area contributed by atoms with Gasteiger partial charge in [0.25, 0.3) is 11.6 Å². The average Bonchev–Trinajstić information content (AvgIpc) is 3.13. The average molecular weight is 448 g/mol. The first-order valence-electron chi connectivity index (χ1n) is 9.32. The standard InChI is InChI=1S/C19H16N2O7S2/c1-20-16(26)19-14(24)17(8-9(22)6-7-12(17)23)28-21(19)15(25)18(20)13(29-30-19)10-4-2-3-5-11(10)27-18/h2-7,9,13-14,22,24H,8H2,1H3/t9-,13?,14-,17+,18+,19?/m1/s1. The van der Waals surface area contributed by atoms with Gasteiger partial charge in [-0.25, -0.2) is 0 Å². The highest BCUT2D eigenvalue weighted by molar-refractivity contribution is 8.77. The van der Waals surface area contributed by atoms with Gasteiger partial charge in [-0.15, -0.1) is 0 Å². The molecule has 6 atom stereocenters. The lowest BCUT2D eigenvalue weighted by Gasteiger charge is -2.47. The van der Waals surface area contributed by atoms with Gasteiger partial charge in [-0.05, 0) is 22.9 Å². The van der Waals surface area contributed by atoms with Gasteiger partial charge in [0.05, 0.1) is 6.10 Å². The van der Waals surface area contributed by atoms with Crippen LogP contribution >= 0.6 is 21.6 Å². The number of aliphatic hydroxyl groups excluding tert-OH is 2. The number of ketones is 1. The first-order valence-corrected chi connectivity index (χ1v) is 11.5. The first-order chi connectivity index (χ1) is 14.3. The molecule has 11 heteroatoms. The van der Waals surface area contributed by atoms with Crippen LogP contribution in [0.25, 0.3) is 0 Å². The lowest BCUT2D eigenvalue weighted by molar-refractivity contribution is -0.246. The molecule has 9 nitrogen and oxygen atoms in total. The number of fused-ring (bicyclic) bond motifs is 3. The molecule has 0 aromatic heterocycles. The van der Waals surface area contributed by atoms with E-state index < -0.39 is 51.3 Å². The summed E-state index contributed by atoms with van der Waals surface area (Å²) < 4.78 is 6.09. The van der Waals surface area contributed by atoms with Gasteiger partial charge in [-0.2, -0.15) is 5.06 Å². The number of carbonyl (C=O) groups excluding carboxylic acids is 3. The highest BCUT2D eigenvalue weighted by Crippen LogP contribution is 2.68. The Morgan fingerprint density at radius 2 is 1.93 bits per heavy atom. The van der Waals surface area contributed by atoms with Crippen molar-refractivity contribution >= 4 is 39.2 Å². The van der Waals surface area contributed by atoms with Crippen molar-refractivity contribution in [2.45, 2.75) is 40.1 Å². The molecule has 156 valence electrons. The van der Waals surface area contributed by atoms with Crippen LogP contribution in [-0.2, 0) is 19.2 Å². The van der Waals surface area contributed by atoms with E-state index in [1.165, 1.54) is 28.8 Å². The van der Waals surface area contributed by atoms with E-state index in [1.807, 2.05) is 12.1 Å². The second-order valence-corrected chi connectivity index (χ2v) is 10.5. The minimum atomic E-state index is -1.93. The fourth-order valence-electron chi connectivity index (χ4n) is 4.91. The van der Waals surface area contributed by atoms with Crippen LogP contribution in [0.3, 0.4) is 0 Å². The number of hydroxylamine groups is 2. The number of piperazine rings is 1. The van der Waals surface area contributed by atoms with E-state index in [0.29, 0.717) is 5.75 Å². The van der Waals surface area contributed by atoms with Crippen molar-refractivity contribution < 1.29 is 34.2 Å². The van der Waals surface area contributed by atoms with Gasteiger partial charge in [-0.1, -0.05) is 35.1 Å². The van der Waals surface area contributed by atoms with Crippen molar-refractivity contribution in [3.05, 3.63) is 42.0 Å². The van der Waals surface area contributed by atoms with Gasteiger partial charge in [0, 0.05) is 19.0 Å². The summed E-state index contributed by atoms with van der Waals surface area (Å²) in [5.74, 6) is -1.39. The number of amides is 2. The summed E-state index contributed by atoms with van der Waals surface area (Å²) in [7, 11) is 3.68. The molecule has 2 unspecified atom stereocenters. The summed E-state index contributed by atoms with van der Waals surface area (Å²) in [6, 6.07) is 7.16. The van der Waals surface area contributed by atoms with Crippen molar-refractivity contribution in [3.8, 4) is 5.75 Å². The topological polar surface area (TPSA) is 117 Å². The predicted octanol–water partition coefficient (Wildman–Crippen LogP) is 0.143. The molecule has 2 bridgehead atoms. The molecule has 5 heterocycles. The summed E-state index contributed by atoms with van der Waals surface area (Å²) in [6.07, 6.45) is -0.597. The number of likely N-dealkylation sites (N-methyl/N-ethyl adjacent to an activating group) is 1. The van der Waals surface area contributed by atoms with E-state index in [1.54, 1.807) is 12.1 Å². The number of nitrogens with zero attached hydrogens (tertiary/aromatic N) is 2.